The highest BCUT2D eigenvalue weighted by Crippen LogP contribution is 2.27. The zero-order valence-corrected chi connectivity index (χ0v) is 19.1. The molecule has 1 aromatic carbocycles. The number of rotatable bonds is 9. The van der Waals surface area contributed by atoms with E-state index >= 15 is 0 Å². The fourth-order valence-corrected chi connectivity index (χ4v) is 5.96. The number of carbonyl (C=O) groups excluding carboxylic acids is 1. The van der Waals surface area contributed by atoms with E-state index in [0.717, 1.165) is 51.6 Å². The van der Waals surface area contributed by atoms with Crippen LogP contribution < -0.4 is 5.32 Å². The van der Waals surface area contributed by atoms with Crippen LogP contribution in [0.15, 0.2) is 29.8 Å². The van der Waals surface area contributed by atoms with Crippen molar-refractivity contribution in [3.05, 3.63) is 51.5 Å². The summed E-state index contributed by atoms with van der Waals surface area (Å²) in [7, 11) is 0. The van der Waals surface area contributed by atoms with Crippen molar-refractivity contribution < 1.29 is 4.79 Å². The molecular weight excluding hydrogens is 390 g/mol. The van der Waals surface area contributed by atoms with Crippen LogP contribution in [0.2, 0.25) is 0 Å². The van der Waals surface area contributed by atoms with Crippen LogP contribution in [0.1, 0.15) is 60.7 Å². The molecular formula is C25H35N3OS. The molecule has 0 aliphatic heterocycles. The Bertz CT molecular complexity index is 833. The fraction of sp³-hybridized carbons (Fsp3) is 0.600. The van der Waals surface area contributed by atoms with Gasteiger partial charge in [-0.3, -0.25) is 4.79 Å². The van der Waals surface area contributed by atoms with Gasteiger partial charge in [0.25, 0.3) is 0 Å². The van der Waals surface area contributed by atoms with E-state index in [2.05, 4.69) is 46.4 Å². The van der Waals surface area contributed by atoms with Crippen molar-refractivity contribution in [1.29, 1.82) is 0 Å². The number of unbranched alkanes of at least 4 members (excludes halogenated alkanes) is 1. The Hall–Kier alpha value is -1.72. The summed E-state index contributed by atoms with van der Waals surface area (Å²) in [5, 5.41) is 3.21. The van der Waals surface area contributed by atoms with Gasteiger partial charge in [-0.15, -0.1) is 11.3 Å². The second-order valence-electron chi connectivity index (χ2n) is 8.86. The Morgan fingerprint density at radius 2 is 2.00 bits per heavy atom. The number of aryl methyl sites for hydroxylation is 2. The summed E-state index contributed by atoms with van der Waals surface area (Å²) >= 11 is 1.82. The van der Waals surface area contributed by atoms with Crippen molar-refractivity contribution in [2.24, 2.45) is 5.92 Å². The van der Waals surface area contributed by atoms with Crippen LogP contribution in [0, 0.1) is 5.92 Å². The number of aromatic nitrogens is 1. The fourth-order valence-electron chi connectivity index (χ4n) is 5.08. The predicted octanol–water partition coefficient (Wildman–Crippen LogP) is 4.41. The van der Waals surface area contributed by atoms with Gasteiger partial charge in [0.2, 0.25) is 5.91 Å². The van der Waals surface area contributed by atoms with Gasteiger partial charge in [-0.25, -0.2) is 4.98 Å². The lowest BCUT2D eigenvalue weighted by Gasteiger charge is -2.33. The van der Waals surface area contributed by atoms with Crippen molar-refractivity contribution in [2.45, 2.75) is 70.8 Å². The number of carbonyl (C=O) groups is 1. The first-order valence-electron chi connectivity index (χ1n) is 11.7. The third-order valence-electron chi connectivity index (χ3n) is 6.78. The molecule has 1 amide bonds. The molecule has 0 fully saturated rings. The molecule has 0 saturated heterocycles. The average molecular weight is 426 g/mol. The summed E-state index contributed by atoms with van der Waals surface area (Å²) in [6.07, 6.45) is 9.85. The molecule has 30 heavy (non-hydrogen) atoms. The summed E-state index contributed by atoms with van der Waals surface area (Å²) in [5.41, 5.74) is 6.12. The van der Waals surface area contributed by atoms with Gasteiger partial charge in [0.1, 0.15) is 0 Å². The van der Waals surface area contributed by atoms with Crippen LogP contribution in [0.5, 0.6) is 0 Å². The van der Waals surface area contributed by atoms with Gasteiger partial charge in [-0.2, -0.15) is 0 Å². The van der Waals surface area contributed by atoms with Gasteiger partial charge in [-0.05, 0) is 82.0 Å². The molecule has 2 atom stereocenters. The van der Waals surface area contributed by atoms with Crippen molar-refractivity contribution in [3.63, 3.8) is 0 Å². The highest BCUT2D eigenvalue weighted by molar-refractivity contribution is 7.09. The lowest BCUT2D eigenvalue weighted by Crippen LogP contribution is -2.40. The van der Waals surface area contributed by atoms with Crippen LogP contribution in [-0.4, -0.2) is 41.5 Å². The molecule has 1 heterocycles. The van der Waals surface area contributed by atoms with Crippen LogP contribution in [0.25, 0.3) is 0 Å². The van der Waals surface area contributed by atoms with Crippen molar-refractivity contribution in [1.82, 2.24) is 15.2 Å². The van der Waals surface area contributed by atoms with Crippen LogP contribution in [-0.2, 0) is 30.5 Å². The number of hydrogen-bond acceptors (Lipinski definition) is 4. The Morgan fingerprint density at radius 1 is 1.13 bits per heavy atom. The number of fused-ring (bicyclic) bond motifs is 2. The average Bonchev–Trinajstić information content (AvgIpc) is 3.25. The van der Waals surface area contributed by atoms with E-state index in [1.54, 1.807) is 0 Å². The van der Waals surface area contributed by atoms with Crippen molar-refractivity contribution in [3.8, 4) is 0 Å². The number of nitrogens with one attached hydrogen (secondary N) is 1. The number of hydrogen-bond donors (Lipinski definition) is 1. The minimum atomic E-state index is 0.146. The number of amides is 1. The van der Waals surface area contributed by atoms with Crippen LogP contribution >= 0.6 is 11.3 Å². The third-order valence-corrected chi connectivity index (χ3v) is 7.67. The molecule has 2 aliphatic rings. The maximum Gasteiger partial charge on any atom is 0.223 e. The Balaban J connectivity index is 1.17. The topological polar surface area (TPSA) is 45.2 Å². The van der Waals surface area contributed by atoms with E-state index in [9.17, 15) is 4.79 Å². The molecule has 4 nitrogen and oxygen atoms in total. The summed E-state index contributed by atoms with van der Waals surface area (Å²) in [5.74, 6) is 0.396. The SMILES string of the molecule is CCCN(CCCCNC(=O)C1CCc2ccccc2C1)C1CCc2ncsc2C1. The summed E-state index contributed by atoms with van der Waals surface area (Å²) in [4.78, 5) is 21.3. The Kier molecular flexibility index (Phi) is 7.56. The van der Waals surface area contributed by atoms with Crippen LogP contribution in [0.3, 0.4) is 0 Å². The number of thiazole rings is 1. The predicted molar refractivity (Wildman–Crippen MR) is 124 cm³/mol. The van der Waals surface area contributed by atoms with E-state index in [1.807, 2.05) is 16.8 Å². The lowest BCUT2D eigenvalue weighted by atomic mass is 9.83. The van der Waals surface area contributed by atoms with E-state index in [4.69, 9.17) is 0 Å². The Morgan fingerprint density at radius 3 is 2.87 bits per heavy atom. The van der Waals surface area contributed by atoms with E-state index < -0.39 is 0 Å². The summed E-state index contributed by atoms with van der Waals surface area (Å²) < 4.78 is 0. The summed E-state index contributed by atoms with van der Waals surface area (Å²) in [6.45, 7) is 5.39. The minimum absolute atomic E-state index is 0.146. The van der Waals surface area contributed by atoms with Crippen molar-refractivity contribution in [2.75, 3.05) is 19.6 Å². The minimum Gasteiger partial charge on any atom is -0.356 e. The van der Waals surface area contributed by atoms with Gasteiger partial charge >= 0.3 is 0 Å². The first-order chi connectivity index (χ1) is 14.7. The first kappa shape index (κ1) is 21.5. The molecule has 5 heteroatoms. The van der Waals surface area contributed by atoms with Gasteiger partial charge in [0.05, 0.1) is 11.2 Å². The zero-order chi connectivity index (χ0) is 20.8. The standard InChI is InChI=1S/C25H35N3OS/c1-2-14-28(22-11-12-23-24(17-22)30-18-27-23)15-6-5-13-26-25(29)21-10-9-19-7-3-4-8-20(19)16-21/h3-4,7-8,18,21-22H,2,5-6,9-17H2,1H3,(H,26,29). The molecule has 0 spiro atoms. The third kappa shape index (κ3) is 5.30. The molecule has 0 radical (unpaired) electrons. The zero-order valence-electron chi connectivity index (χ0n) is 18.2. The molecule has 2 aromatic rings. The van der Waals surface area contributed by atoms with E-state index in [0.29, 0.717) is 6.04 Å². The highest BCUT2D eigenvalue weighted by atomic mass is 32.1. The number of benzene rings is 1. The maximum absolute atomic E-state index is 12.6. The lowest BCUT2D eigenvalue weighted by molar-refractivity contribution is -0.125. The molecule has 4 rings (SSSR count). The molecule has 0 saturated carbocycles. The smallest absolute Gasteiger partial charge is 0.223 e. The summed E-state index contributed by atoms with van der Waals surface area (Å²) in [6, 6.07) is 9.23. The number of nitrogens with zero attached hydrogens (tertiary/aromatic N) is 2. The first-order valence-corrected chi connectivity index (χ1v) is 12.6. The van der Waals surface area contributed by atoms with E-state index in [-0.39, 0.29) is 11.8 Å². The molecule has 0 bridgehead atoms. The van der Waals surface area contributed by atoms with Gasteiger partial charge in [0, 0.05) is 23.4 Å². The van der Waals surface area contributed by atoms with Gasteiger partial charge in [-0.1, -0.05) is 31.2 Å². The van der Waals surface area contributed by atoms with Crippen LogP contribution in [0.4, 0.5) is 0 Å². The maximum atomic E-state index is 12.6. The molecule has 2 aliphatic carbocycles. The molecule has 1 N–H and O–H groups in total. The molecule has 1 aromatic heterocycles. The van der Waals surface area contributed by atoms with Gasteiger partial charge in [0.15, 0.2) is 0 Å². The largest absolute Gasteiger partial charge is 0.356 e. The second kappa shape index (κ2) is 10.5. The van der Waals surface area contributed by atoms with Gasteiger partial charge < -0.3 is 10.2 Å². The van der Waals surface area contributed by atoms with E-state index in [1.165, 1.54) is 47.5 Å². The normalized spacial score (nSPS) is 20.6. The Labute approximate surface area is 185 Å². The van der Waals surface area contributed by atoms with Crippen molar-refractivity contribution >= 4 is 17.2 Å². The monoisotopic (exact) mass is 425 g/mol. The second-order valence-corrected chi connectivity index (χ2v) is 9.80. The molecule has 2 unspecified atom stereocenters. The highest BCUT2D eigenvalue weighted by Gasteiger charge is 2.26. The quantitative estimate of drug-likeness (QED) is 0.605. The molecule has 162 valence electrons.